The third kappa shape index (κ3) is 7.82. The van der Waals surface area contributed by atoms with Crippen molar-refractivity contribution in [1.29, 1.82) is 0 Å². The molecule has 0 unspecified atom stereocenters. The van der Waals surface area contributed by atoms with Crippen LogP contribution >= 0.6 is 0 Å². The summed E-state index contributed by atoms with van der Waals surface area (Å²) in [5, 5.41) is 8.54. The van der Waals surface area contributed by atoms with E-state index in [0.29, 0.717) is 6.04 Å². The lowest BCUT2D eigenvalue weighted by Gasteiger charge is -2.11. The number of hydrogen-bond acceptors (Lipinski definition) is 2. The van der Waals surface area contributed by atoms with Crippen molar-refractivity contribution in [2.45, 2.75) is 45.6 Å². The summed E-state index contributed by atoms with van der Waals surface area (Å²) >= 11 is 0. The van der Waals surface area contributed by atoms with Crippen molar-refractivity contribution >= 4 is 0 Å². The fourth-order valence-electron chi connectivity index (χ4n) is 1.05. The molecule has 0 aliphatic heterocycles. The Hall–Kier alpha value is -0.0800. The normalized spacial score (nSPS) is 13.9. The van der Waals surface area contributed by atoms with Gasteiger partial charge >= 0.3 is 0 Å². The first-order chi connectivity index (χ1) is 5.16. The van der Waals surface area contributed by atoms with Crippen molar-refractivity contribution in [3.8, 4) is 0 Å². The molecule has 0 rings (SSSR count). The van der Waals surface area contributed by atoms with Crippen LogP contribution in [-0.4, -0.2) is 17.8 Å². The lowest BCUT2D eigenvalue weighted by molar-refractivity contribution is 0.277. The molecule has 0 spiro atoms. The quantitative estimate of drug-likeness (QED) is 0.617. The zero-order chi connectivity index (χ0) is 8.69. The number of rotatable bonds is 6. The zero-order valence-corrected chi connectivity index (χ0v) is 7.71. The summed E-state index contributed by atoms with van der Waals surface area (Å²) in [6.07, 6.45) is 4.10. The van der Waals surface area contributed by atoms with Gasteiger partial charge in [-0.2, -0.15) is 0 Å². The van der Waals surface area contributed by atoms with Gasteiger partial charge in [-0.25, -0.2) is 0 Å². The van der Waals surface area contributed by atoms with Crippen LogP contribution in [0.15, 0.2) is 0 Å². The molecule has 0 saturated heterocycles. The van der Waals surface area contributed by atoms with E-state index in [1.54, 1.807) is 0 Å². The third-order valence-electron chi connectivity index (χ3n) is 1.85. The summed E-state index contributed by atoms with van der Waals surface area (Å²) in [4.78, 5) is 0. The summed E-state index contributed by atoms with van der Waals surface area (Å²) in [5.74, 6) is 0.746. The third-order valence-corrected chi connectivity index (χ3v) is 1.85. The van der Waals surface area contributed by atoms with Crippen LogP contribution < -0.4 is 5.73 Å². The minimum Gasteiger partial charge on any atom is -0.396 e. The number of hydrogen-bond donors (Lipinski definition) is 2. The van der Waals surface area contributed by atoms with Gasteiger partial charge in [0.2, 0.25) is 0 Å². The lowest BCUT2D eigenvalue weighted by Crippen LogP contribution is -2.20. The standard InChI is InChI=1S/C9H21NO/c1-8(2)5-6-9(10)4-3-7-11/h8-9,11H,3-7,10H2,1-2H3/t9-/m0/s1. The Balaban J connectivity index is 3.15. The smallest absolute Gasteiger partial charge is 0.0431 e. The van der Waals surface area contributed by atoms with Crippen molar-refractivity contribution in [2.24, 2.45) is 11.7 Å². The number of nitrogens with two attached hydrogens (primary N) is 1. The van der Waals surface area contributed by atoms with Gasteiger partial charge in [-0.15, -0.1) is 0 Å². The summed E-state index contributed by atoms with van der Waals surface area (Å²) in [5.41, 5.74) is 5.80. The minimum absolute atomic E-state index is 0.273. The highest BCUT2D eigenvalue weighted by atomic mass is 16.2. The molecule has 0 fully saturated rings. The van der Waals surface area contributed by atoms with Gasteiger partial charge in [0, 0.05) is 12.6 Å². The van der Waals surface area contributed by atoms with E-state index >= 15 is 0 Å². The van der Waals surface area contributed by atoms with Crippen molar-refractivity contribution in [1.82, 2.24) is 0 Å². The van der Waals surface area contributed by atoms with Gasteiger partial charge < -0.3 is 10.8 Å². The van der Waals surface area contributed by atoms with Crippen LogP contribution in [0, 0.1) is 5.92 Å². The first-order valence-corrected chi connectivity index (χ1v) is 4.53. The Kier molecular flexibility index (Phi) is 6.57. The van der Waals surface area contributed by atoms with E-state index < -0.39 is 0 Å². The van der Waals surface area contributed by atoms with Crippen LogP contribution in [0.5, 0.6) is 0 Å². The van der Waals surface area contributed by atoms with Gasteiger partial charge in [0.1, 0.15) is 0 Å². The van der Waals surface area contributed by atoms with Crippen molar-refractivity contribution in [3.63, 3.8) is 0 Å². The lowest BCUT2D eigenvalue weighted by atomic mass is 10.0. The topological polar surface area (TPSA) is 46.2 Å². The maximum Gasteiger partial charge on any atom is 0.0431 e. The zero-order valence-electron chi connectivity index (χ0n) is 7.71. The SMILES string of the molecule is CC(C)CC[C@@H](N)CCCO. The summed E-state index contributed by atoms with van der Waals surface area (Å²) in [7, 11) is 0. The van der Waals surface area contributed by atoms with Crippen molar-refractivity contribution < 1.29 is 5.11 Å². The van der Waals surface area contributed by atoms with Gasteiger partial charge in [-0.1, -0.05) is 13.8 Å². The molecule has 0 bridgehead atoms. The van der Waals surface area contributed by atoms with E-state index in [0.717, 1.165) is 25.2 Å². The molecule has 0 aliphatic rings. The Morgan fingerprint density at radius 1 is 1.18 bits per heavy atom. The fourth-order valence-corrected chi connectivity index (χ4v) is 1.05. The molecule has 0 radical (unpaired) electrons. The van der Waals surface area contributed by atoms with E-state index in [1.807, 2.05) is 0 Å². The Bertz CT molecular complexity index is 83.6. The van der Waals surface area contributed by atoms with Crippen LogP contribution in [0.2, 0.25) is 0 Å². The molecular weight excluding hydrogens is 138 g/mol. The molecule has 0 amide bonds. The van der Waals surface area contributed by atoms with Crippen molar-refractivity contribution in [2.75, 3.05) is 6.61 Å². The molecule has 2 heteroatoms. The first-order valence-electron chi connectivity index (χ1n) is 4.53. The molecule has 0 saturated carbocycles. The first kappa shape index (κ1) is 10.9. The minimum atomic E-state index is 0.273. The average molecular weight is 159 g/mol. The summed E-state index contributed by atoms with van der Waals surface area (Å²) in [6.45, 7) is 4.69. The highest BCUT2D eigenvalue weighted by Gasteiger charge is 2.02. The molecule has 0 aliphatic carbocycles. The molecule has 0 heterocycles. The van der Waals surface area contributed by atoms with E-state index in [2.05, 4.69) is 13.8 Å². The molecule has 2 nitrogen and oxygen atoms in total. The van der Waals surface area contributed by atoms with Crippen LogP contribution in [-0.2, 0) is 0 Å². The molecule has 0 aromatic carbocycles. The van der Waals surface area contributed by atoms with Gasteiger partial charge in [0.25, 0.3) is 0 Å². The molecule has 0 aromatic heterocycles. The highest BCUT2D eigenvalue weighted by molar-refractivity contribution is 4.61. The second-order valence-electron chi connectivity index (χ2n) is 3.60. The monoisotopic (exact) mass is 159 g/mol. The van der Waals surface area contributed by atoms with Gasteiger partial charge in [-0.05, 0) is 31.6 Å². The second-order valence-corrected chi connectivity index (χ2v) is 3.60. The molecule has 68 valence electrons. The van der Waals surface area contributed by atoms with Crippen LogP contribution in [0.4, 0.5) is 0 Å². The average Bonchev–Trinajstić information content (AvgIpc) is 1.97. The van der Waals surface area contributed by atoms with Crippen LogP contribution in [0.25, 0.3) is 0 Å². The van der Waals surface area contributed by atoms with Crippen molar-refractivity contribution in [3.05, 3.63) is 0 Å². The van der Waals surface area contributed by atoms with Crippen LogP contribution in [0.3, 0.4) is 0 Å². The van der Waals surface area contributed by atoms with E-state index in [4.69, 9.17) is 10.8 Å². The number of aliphatic hydroxyl groups is 1. The van der Waals surface area contributed by atoms with Gasteiger partial charge in [0.05, 0.1) is 0 Å². The Labute approximate surface area is 69.8 Å². The molecule has 1 atom stereocenters. The Morgan fingerprint density at radius 3 is 2.27 bits per heavy atom. The van der Waals surface area contributed by atoms with E-state index in [-0.39, 0.29) is 6.61 Å². The Morgan fingerprint density at radius 2 is 1.82 bits per heavy atom. The summed E-state index contributed by atoms with van der Waals surface area (Å²) < 4.78 is 0. The highest BCUT2D eigenvalue weighted by Crippen LogP contribution is 2.08. The van der Waals surface area contributed by atoms with Gasteiger partial charge in [0.15, 0.2) is 0 Å². The molecule has 11 heavy (non-hydrogen) atoms. The predicted octanol–water partition coefficient (Wildman–Crippen LogP) is 1.52. The predicted molar refractivity (Wildman–Crippen MR) is 48.4 cm³/mol. The maximum atomic E-state index is 8.54. The molecule has 0 aromatic rings. The van der Waals surface area contributed by atoms with Crippen LogP contribution in [0.1, 0.15) is 39.5 Å². The molecular formula is C9H21NO. The number of aliphatic hydroxyl groups excluding tert-OH is 1. The fraction of sp³-hybridized carbons (Fsp3) is 1.00. The maximum absolute atomic E-state index is 8.54. The second kappa shape index (κ2) is 6.62. The van der Waals surface area contributed by atoms with Gasteiger partial charge in [-0.3, -0.25) is 0 Å². The molecule has 3 N–H and O–H groups in total. The van der Waals surface area contributed by atoms with E-state index in [1.165, 1.54) is 6.42 Å². The largest absolute Gasteiger partial charge is 0.396 e. The summed E-state index contributed by atoms with van der Waals surface area (Å²) in [6, 6.07) is 0.296. The van der Waals surface area contributed by atoms with E-state index in [9.17, 15) is 0 Å².